The average molecular weight is 550 g/mol. The minimum atomic E-state index is -4.88. The molecule has 1 aliphatic carbocycles. The van der Waals surface area contributed by atoms with Gasteiger partial charge in [-0.25, -0.2) is 14.4 Å². The highest BCUT2D eigenvalue weighted by Crippen LogP contribution is 2.36. The molecule has 0 spiro atoms. The van der Waals surface area contributed by atoms with E-state index in [4.69, 9.17) is 9.72 Å². The second-order valence-electron chi connectivity index (χ2n) is 10.1. The van der Waals surface area contributed by atoms with Gasteiger partial charge in [-0.2, -0.15) is 0 Å². The standard InChI is InChI=1S/C31H27F4N3O2/c32-26-16-25(40-31(33,34)35)13-11-22(26)18-38-29-15-14-24(17-28(29)37-30(38)21-7-2-1-3-8-21)39-19-23-12-10-20-6-4-5-9-27(20)36-23/h4-6,9-17,21H,1-3,7-8,18-19H2. The number of para-hydroxylation sites is 1. The highest BCUT2D eigenvalue weighted by atomic mass is 19.4. The van der Waals surface area contributed by atoms with Crippen LogP contribution >= 0.6 is 0 Å². The van der Waals surface area contributed by atoms with Gasteiger partial charge in [0.25, 0.3) is 0 Å². The summed E-state index contributed by atoms with van der Waals surface area (Å²) in [6.45, 7) is 0.436. The van der Waals surface area contributed by atoms with Crippen molar-refractivity contribution in [1.82, 2.24) is 14.5 Å². The lowest BCUT2D eigenvalue weighted by molar-refractivity contribution is -0.274. The smallest absolute Gasteiger partial charge is 0.487 e. The fourth-order valence-corrected chi connectivity index (χ4v) is 5.43. The molecule has 0 aliphatic heterocycles. The van der Waals surface area contributed by atoms with Gasteiger partial charge < -0.3 is 14.0 Å². The van der Waals surface area contributed by atoms with E-state index in [1.54, 1.807) is 0 Å². The van der Waals surface area contributed by atoms with Crippen LogP contribution in [0.2, 0.25) is 0 Å². The number of benzene rings is 3. The zero-order valence-corrected chi connectivity index (χ0v) is 21.6. The largest absolute Gasteiger partial charge is 0.573 e. The molecule has 3 aromatic carbocycles. The van der Waals surface area contributed by atoms with Gasteiger partial charge in [-0.05, 0) is 43.2 Å². The second-order valence-corrected chi connectivity index (χ2v) is 10.1. The minimum absolute atomic E-state index is 0.141. The first-order valence-corrected chi connectivity index (χ1v) is 13.3. The molecule has 5 aromatic rings. The van der Waals surface area contributed by atoms with Gasteiger partial charge in [-0.1, -0.05) is 49.6 Å². The fourth-order valence-electron chi connectivity index (χ4n) is 5.43. The lowest BCUT2D eigenvalue weighted by Gasteiger charge is -2.22. The van der Waals surface area contributed by atoms with E-state index in [0.717, 1.165) is 71.3 Å². The first-order valence-electron chi connectivity index (χ1n) is 13.3. The van der Waals surface area contributed by atoms with Crippen LogP contribution in [0.15, 0.2) is 72.8 Å². The first kappa shape index (κ1) is 26.1. The summed E-state index contributed by atoms with van der Waals surface area (Å²) in [5.41, 5.74) is 3.50. The molecule has 206 valence electrons. The van der Waals surface area contributed by atoms with Gasteiger partial charge in [0.2, 0.25) is 0 Å². The van der Waals surface area contributed by atoms with Crippen molar-refractivity contribution >= 4 is 21.9 Å². The van der Waals surface area contributed by atoms with Gasteiger partial charge in [-0.15, -0.1) is 13.2 Å². The van der Waals surface area contributed by atoms with Gasteiger partial charge in [0.05, 0.1) is 28.8 Å². The molecular weight excluding hydrogens is 522 g/mol. The highest BCUT2D eigenvalue weighted by Gasteiger charge is 2.31. The molecule has 0 radical (unpaired) electrons. The first-order chi connectivity index (χ1) is 19.3. The van der Waals surface area contributed by atoms with Crippen molar-refractivity contribution in [3.63, 3.8) is 0 Å². The lowest BCUT2D eigenvalue weighted by Crippen LogP contribution is -2.17. The summed E-state index contributed by atoms with van der Waals surface area (Å²) in [6.07, 6.45) is 0.458. The molecule has 0 N–H and O–H groups in total. The van der Waals surface area contributed by atoms with Gasteiger partial charge in [0.1, 0.15) is 29.7 Å². The topological polar surface area (TPSA) is 49.2 Å². The normalized spacial score (nSPS) is 14.6. The number of ether oxygens (including phenoxy) is 2. The lowest BCUT2D eigenvalue weighted by atomic mass is 9.88. The molecule has 2 heterocycles. The number of fused-ring (bicyclic) bond motifs is 2. The quantitative estimate of drug-likeness (QED) is 0.192. The van der Waals surface area contributed by atoms with Crippen molar-refractivity contribution in [2.24, 2.45) is 0 Å². The third-order valence-corrected chi connectivity index (χ3v) is 7.35. The van der Waals surface area contributed by atoms with Gasteiger partial charge in [0, 0.05) is 29.0 Å². The van der Waals surface area contributed by atoms with E-state index in [-0.39, 0.29) is 18.0 Å². The molecule has 0 atom stereocenters. The summed E-state index contributed by atoms with van der Waals surface area (Å²) >= 11 is 0. The predicted molar refractivity (Wildman–Crippen MR) is 144 cm³/mol. The predicted octanol–water partition coefficient (Wildman–Crippen LogP) is 8.30. The number of aromatic nitrogens is 3. The molecule has 2 aromatic heterocycles. The number of rotatable bonds is 7. The van der Waals surface area contributed by atoms with Crippen molar-refractivity contribution in [2.75, 3.05) is 0 Å². The number of pyridine rings is 1. The molecule has 1 saturated carbocycles. The second kappa shape index (κ2) is 10.8. The van der Waals surface area contributed by atoms with Gasteiger partial charge in [0.15, 0.2) is 0 Å². The van der Waals surface area contributed by atoms with Crippen molar-refractivity contribution in [2.45, 2.75) is 57.5 Å². The third kappa shape index (κ3) is 5.73. The molecule has 6 rings (SSSR count). The Morgan fingerprint density at radius 1 is 0.825 bits per heavy atom. The van der Waals surface area contributed by atoms with Crippen LogP contribution in [0, 0.1) is 5.82 Å². The molecule has 0 unspecified atom stereocenters. The molecule has 1 fully saturated rings. The summed E-state index contributed by atoms with van der Waals surface area (Å²) in [5.74, 6) is 0.379. The van der Waals surface area contributed by atoms with Crippen LogP contribution in [0.4, 0.5) is 17.6 Å². The number of imidazole rings is 1. The Bertz CT molecular complexity index is 1660. The Balaban J connectivity index is 1.28. The van der Waals surface area contributed by atoms with Crippen LogP contribution in [0.3, 0.4) is 0 Å². The van der Waals surface area contributed by atoms with Crippen LogP contribution < -0.4 is 9.47 Å². The van der Waals surface area contributed by atoms with Crippen LogP contribution in [0.5, 0.6) is 11.5 Å². The van der Waals surface area contributed by atoms with Crippen molar-refractivity contribution in [3.8, 4) is 11.5 Å². The summed E-state index contributed by atoms with van der Waals surface area (Å²) < 4.78 is 64.6. The molecule has 5 nitrogen and oxygen atoms in total. The van der Waals surface area contributed by atoms with Crippen molar-refractivity contribution < 1.29 is 27.0 Å². The number of hydrogen-bond acceptors (Lipinski definition) is 4. The summed E-state index contributed by atoms with van der Waals surface area (Å²) in [5, 5.41) is 1.06. The highest BCUT2D eigenvalue weighted by molar-refractivity contribution is 5.79. The zero-order valence-electron chi connectivity index (χ0n) is 21.6. The molecule has 0 saturated heterocycles. The van der Waals surface area contributed by atoms with E-state index in [2.05, 4.69) is 9.72 Å². The molecule has 0 bridgehead atoms. The van der Waals surface area contributed by atoms with E-state index in [1.165, 1.54) is 12.5 Å². The summed E-state index contributed by atoms with van der Waals surface area (Å²) in [6, 6.07) is 20.7. The van der Waals surface area contributed by atoms with Crippen LogP contribution in [0.1, 0.15) is 55.1 Å². The molecule has 9 heteroatoms. The van der Waals surface area contributed by atoms with E-state index < -0.39 is 17.9 Å². The zero-order chi connectivity index (χ0) is 27.7. The Hall–Kier alpha value is -4.14. The maximum Gasteiger partial charge on any atom is 0.573 e. The SMILES string of the molecule is Fc1cc(OC(F)(F)F)ccc1Cn1c(C2CCCCC2)nc2cc(OCc3ccc4ccccc4n3)ccc21. The van der Waals surface area contributed by atoms with E-state index in [9.17, 15) is 17.6 Å². The van der Waals surface area contributed by atoms with Crippen molar-refractivity contribution in [3.05, 3.63) is 95.7 Å². The Morgan fingerprint density at radius 3 is 2.42 bits per heavy atom. The molecule has 1 aliphatic rings. The number of nitrogens with zero attached hydrogens (tertiary/aromatic N) is 3. The molecule has 40 heavy (non-hydrogen) atoms. The van der Waals surface area contributed by atoms with Crippen molar-refractivity contribution in [1.29, 1.82) is 0 Å². The fraction of sp³-hybridized carbons (Fsp3) is 0.290. The van der Waals surface area contributed by atoms with Crippen LogP contribution in [-0.2, 0) is 13.2 Å². The van der Waals surface area contributed by atoms with Crippen LogP contribution in [-0.4, -0.2) is 20.9 Å². The summed E-state index contributed by atoms with van der Waals surface area (Å²) in [7, 11) is 0. The van der Waals surface area contributed by atoms with E-state index in [1.807, 2.05) is 59.2 Å². The monoisotopic (exact) mass is 549 g/mol. The third-order valence-electron chi connectivity index (χ3n) is 7.35. The maximum atomic E-state index is 14.9. The van der Waals surface area contributed by atoms with Gasteiger partial charge >= 0.3 is 6.36 Å². The average Bonchev–Trinajstić information content (AvgIpc) is 3.30. The van der Waals surface area contributed by atoms with E-state index in [0.29, 0.717) is 12.4 Å². The molecule has 0 amide bonds. The Labute approximate surface area is 228 Å². The Kier molecular flexibility index (Phi) is 7.04. The van der Waals surface area contributed by atoms with E-state index >= 15 is 0 Å². The summed E-state index contributed by atoms with van der Waals surface area (Å²) in [4.78, 5) is 9.62. The maximum absolute atomic E-state index is 14.9. The molecular formula is C31H27F4N3O2. The van der Waals surface area contributed by atoms with Gasteiger partial charge in [-0.3, -0.25) is 0 Å². The Morgan fingerprint density at radius 2 is 1.62 bits per heavy atom. The van der Waals surface area contributed by atoms with Crippen LogP contribution in [0.25, 0.3) is 21.9 Å². The minimum Gasteiger partial charge on any atom is -0.487 e. The number of hydrogen-bond donors (Lipinski definition) is 0. The number of alkyl halides is 3. The number of halogens is 4.